The van der Waals surface area contributed by atoms with E-state index in [0.29, 0.717) is 0 Å². The lowest BCUT2D eigenvalue weighted by atomic mass is 10.1. The molecule has 4 nitrogen and oxygen atoms in total. The van der Waals surface area contributed by atoms with Gasteiger partial charge in [-0.1, -0.05) is 30.3 Å². The number of ether oxygens (including phenoxy) is 1. The molecule has 1 aromatic carbocycles. The maximum Gasteiger partial charge on any atom is 0.240 e. The molecule has 6 heteroatoms. The molecular weight excluding hydrogens is 332 g/mol. The topological polar surface area (TPSA) is 41.6 Å². The molecule has 2 aliphatic heterocycles. The maximum absolute atomic E-state index is 12.3. The van der Waals surface area contributed by atoms with Crippen LogP contribution in [0.1, 0.15) is 18.4 Å². The average molecular weight is 357 g/mol. The van der Waals surface area contributed by atoms with Crippen LogP contribution in [0.2, 0.25) is 0 Å². The summed E-state index contributed by atoms with van der Waals surface area (Å²) in [5.74, 6) is 2.04. The van der Waals surface area contributed by atoms with Crippen LogP contribution in [0.3, 0.4) is 0 Å². The third-order valence-electron chi connectivity index (χ3n) is 4.28. The largest absolute Gasteiger partial charge is 0.376 e. The van der Waals surface area contributed by atoms with Crippen molar-refractivity contribution in [3.05, 3.63) is 35.9 Å². The molecule has 23 heavy (non-hydrogen) atoms. The van der Waals surface area contributed by atoms with Crippen molar-refractivity contribution in [2.24, 2.45) is 0 Å². The normalized spacial score (nSPS) is 23.7. The van der Waals surface area contributed by atoms with Crippen molar-refractivity contribution in [1.82, 2.24) is 10.2 Å². The van der Waals surface area contributed by atoms with Gasteiger partial charge in [-0.25, -0.2) is 0 Å². The average Bonchev–Trinajstić information content (AvgIpc) is 3.24. The SMILES string of the molecule is Cl.O=C(C1CSCN1)N1CCC(OCCCc2ccccc2)C1. The highest BCUT2D eigenvalue weighted by Crippen LogP contribution is 2.18. The second kappa shape index (κ2) is 9.52. The number of likely N-dealkylation sites (tertiary alicyclic amines) is 1. The van der Waals surface area contributed by atoms with Gasteiger partial charge in [0, 0.05) is 31.3 Å². The van der Waals surface area contributed by atoms with E-state index in [0.717, 1.165) is 50.6 Å². The van der Waals surface area contributed by atoms with Crippen molar-refractivity contribution in [2.75, 3.05) is 31.3 Å². The fourth-order valence-corrected chi connectivity index (χ4v) is 3.94. The van der Waals surface area contributed by atoms with E-state index in [1.165, 1.54) is 5.56 Å². The fraction of sp³-hybridized carbons (Fsp3) is 0.588. The molecule has 3 rings (SSSR count). The predicted octanol–water partition coefficient (Wildman–Crippen LogP) is 2.32. The van der Waals surface area contributed by atoms with Gasteiger partial charge in [0.1, 0.15) is 0 Å². The second-order valence-corrected chi connectivity index (χ2v) is 6.96. The molecule has 0 aromatic heterocycles. The van der Waals surface area contributed by atoms with E-state index in [1.807, 2.05) is 11.0 Å². The van der Waals surface area contributed by atoms with Crippen molar-refractivity contribution in [3.63, 3.8) is 0 Å². The van der Waals surface area contributed by atoms with Gasteiger partial charge < -0.3 is 9.64 Å². The van der Waals surface area contributed by atoms with Crippen molar-refractivity contribution < 1.29 is 9.53 Å². The Morgan fingerprint density at radius 1 is 1.35 bits per heavy atom. The Balaban J connectivity index is 0.00000192. The minimum atomic E-state index is 0. The number of nitrogens with zero attached hydrogens (tertiary/aromatic N) is 1. The summed E-state index contributed by atoms with van der Waals surface area (Å²) in [5, 5.41) is 3.25. The minimum absolute atomic E-state index is 0. The van der Waals surface area contributed by atoms with Crippen LogP contribution in [-0.4, -0.2) is 54.3 Å². The summed E-state index contributed by atoms with van der Waals surface area (Å²) in [5.41, 5.74) is 1.36. The highest BCUT2D eigenvalue weighted by atomic mass is 35.5. The number of hydrogen-bond acceptors (Lipinski definition) is 4. The lowest BCUT2D eigenvalue weighted by Crippen LogP contribution is -2.44. The number of hydrogen-bond donors (Lipinski definition) is 1. The fourth-order valence-electron chi connectivity index (χ4n) is 3.01. The van der Waals surface area contributed by atoms with E-state index in [1.54, 1.807) is 11.8 Å². The number of thioether (sulfide) groups is 1. The van der Waals surface area contributed by atoms with Crippen molar-refractivity contribution in [2.45, 2.75) is 31.4 Å². The van der Waals surface area contributed by atoms with Gasteiger partial charge in [0.25, 0.3) is 0 Å². The minimum Gasteiger partial charge on any atom is -0.376 e. The number of rotatable bonds is 6. The Bertz CT molecular complexity index is 483. The zero-order chi connectivity index (χ0) is 15.2. The van der Waals surface area contributed by atoms with Crippen LogP contribution in [0.4, 0.5) is 0 Å². The third-order valence-corrected chi connectivity index (χ3v) is 5.22. The lowest BCUT2D eigenvalue weighted by molar-refractivity contribution is -0.132. The molecule has 1 N–H and O–H groups in total. The van der Waals surface area contributed by atoms with Crippen LogP contribution in [0.25, 0.3) is 0 Å². The highest BCUT2D eigenvalue weighted by molar-refractivity contribution is 7.99. The molecule has 2 heterocycles. The van der Waals surface area contributed by atoms with Gasteiger partial charge >= 0.3 is 0 Å². The molecule has 0 aliphatic carbocycles. The van der Waals surface area contributed by atoms with Crippen LogP contribution < -0.4 is 5.32 Å². The summed E-state index contributed by atoms with van der Waals surface area (Å²) in [4.78, 5) is 14.3. The third kappa shape index (κ3) is 5.38. The van der Waals surface area contributed by atoms with E-state index in [4.69, 9.17) is 4.74 Å². The van der Waals surface area contributed by atoms with E-state index < -0.39 is 0 Å². The van der Waals surface area contributed by atoms with Crippen molar-refractivity contribution in [1.29, 1.82) is 0 Å². The van der Waals surface area contributed by atoms with Gasteiger partial charge in [-0.15, -0.1) is 24.2 Å². The Morgan fingerprint density at radius 2 is 2.17 bits per heavy atom. The molecule has 0 saturated carbocycles. The first kappa shape index (κ1) is 18.6. The molecule has 1 amide bonds. The number of nitrogens with one attached hydrogen (secondary N) is 1. The summed E-state index contributed by atoms with van der Waals surface area (Å²) in [6.45, 7) is 2.37. The monoisotopic (exact) mass is 356 g/mol. The van der Waals surface area contributed by atoms with Gasteiger partial charge in [-0.3, -0.25) is 10.1 Å². The van der Waals surface area contributed by atoms with E-state index in [2.05, 4.69) is 29.6 Å². The molecule has 128 valence electrons. The summed E-state index contributed by atoms with van der Waals surface area (Å²) >= 11 is 1.79. The number of halogens is 1. The van der Waals surface area contributed by atoms with Crippen LogP contribution in [0.5, 0.6) is 0 Å². The first-order valence-corrected chi connectivity index (χ1v) is 9.24. The zero-order valence-electron chi connectivity index (χ0n) is 13.3. The number of aryl methyl sites for hydroxylation is 1. The number of benzene rings is 1. The molecule has 0 bridgehead atoms. The second-order valence-electron chi connectivity index (χ2n) is 5.93. The van der Waals surface area contributed by atoms with Gasteiger partial charge in [0.15, 0.2) is 0 Å². The number of amides is 1. The number of carbonyl (C=O) groups excluding carboxylic acids is 1. The number of carbonyl (C=O) groups is 1. The van der Waals surface area contributed by atoms with E-state index in [9.17, 15) is 4.79 Å². The zero-order valence-corrected chi connectivity index (χ0v) is 14.9. The van der Waals surface area contributed by atoms with Gasteiger partial charge in [0.2, 0.25) is 5.91 Å². The summed E-state index contributed by atoms with van der Waals surface area (Å²) in [6, 6.07) is 10.5. The quantitative estimate of drug-likeness (QED) is 0.794. The molecule has 2 fully saturated rings. The summed E-state index contributed by atoms with van der Waals surface area (Å²) in [6.07, 6.45) is 3.28. The van der Waals surface area contributed by atoms with Crippen LogP contribution >= 0.6 is 24.2 Å². The van der Waals surface area contributed by atoms with Crippen LogP contribution in [0.15, 0.2) is 30.3 Å². The lowest BCUT2D eigenvalue weighted by Gasteiger charge is -2.20. The first-order chi connectivity index (χ1) is 10.8. The van der Waals surface area contributed by atoms with Gasteiger partial charge in [-0.05, 0) is 24.8 Å². The molecule has 1 aromatic rings. The Morgan fingerprint density at radius 3 is 2.91 bits per heavy atom. The van der Waals surface area contributed by atoms with Crippen LogP contribution in [-0.2, 0) is 16.0 Å². The van der Waals surface area contributed by atoms with Gasteiger partial charge in [-0.2, -0.15) is 0 Å². The molecule has 2 atom stereocenters. The van der Waals surface area contributed by atoms with E-state index in [-0.39, 0.29) is 30.5 Å². The molecular formula is C17H25ClN2O2S. The smallest absolute Gasteiger partial charge is 0.240 e. The molecule has 2 unspecified atom stereocenters. The standard InChI is InChI=1S/C17H24N2O2S.ClH/c20-17(16-12-22-13-18-16)19-9-8-15(11-19)21-10-4-7-14-5-2-1-3-6-14;/h1-3,5-6,15-16,18H,4,7-13H2;1H. The Kier molecular flexibility index (Phi) is 7.70. The Hall–Kier alpha value is -0.750. The van der Waals surface area contributed by atoms with Crippen molar-refractivity contribution in [3.8, 4) is 0 Å². The van der Waals surface area contributed by atoms with Crippen molar-refractivity contribution >= 4 is 30.1 Å². The summed E-state index contributed by atoms with van der Waals surface area (Å²) < 4.78 is 5.95. The van der Waals surface area contributed by atoms with E-state index >= 15 is 0 Å². The summed E-state index contributed by atoms with van der Waals surface area (Å²) in [7, 11) is 0. The molecule has 0 spiro atoms. The molecule has 0 radical (unpaired) electrons. The maximum atomic E-state index is 12.3. The molecule has 2 saturated heterocycles. The first-order valence-electron chi connectivity index (χ1n) is 8.08. The predicted molar refractivity (Wildman–Crippen MR) is 97.2 cm³/mol. The van der Waals surface area contributed by atoms with Gasteiger partial charge in [0.05, 0.1) is 12.1 Å². The Labute approximate surface area is 148 Å². The molecule has 2 aliphatic rings. The highest BCUT2D eigenvalue weighted by Gasteiger charge is 2.32. The van der Waals surface area contributed by atoms with Crippen LogP contribution in [0, 0.1) is 0 Å².